The zero-order chi connectivity index (χ0) is 13.2. The van der Waals surface area contributed by atoms with Gasteiger partial charge in [-0.05, 0) is 11.8 Å². The number of aromatic nitrogens is 6. The number of nitrogens with zero attached hydrogens (tertiary/aromatic N) is 5. The quantitative estimate of drug-likeness (QED) is 0.700. The Labute approximate surface area is 111 Å². The first-order valence-electron chi connectivity index (χ1n) is 5.30. The molecule has 0 aliphatic rings. The van der Waals surface area contributed by atoms with Crippen LogP contribution in [0, 0.1) is 5.82 Å². The average Bonchev–Trinajstić information content (AvgIpc) is 2.90. The molecule has 0 saturated heterocycles. The summed E-state index contributed by atoms with van der Waals surface area (Å²) in [6.45, 7) is 0. The van der Waals surface area contributed by atoms with E-state index in [2.05, 4.69) is 35.2 Å². The third-order valence-corrected chi connectivity index (χ3v) is 3.30. The van der Waals surface area contributed by atoms with Crippen LogP contribution in [0.1, 0.15) is 0 Å². The fourth-order valence-electron chi connectivity index (χ4n) is 1.46. The Bertz CT molecular complexity index is 729. The zero-order valence-corrected chi connectivity index (χ0v) is 10.6. The van der Waals surface area contributed by atoms with E-state index in [9.17, 15) is 4.39 Å². The van der Waals surface area contributed by atoms with Gasteiger partial charge in [-0.15, -0.1) is 0 Å². The van der Waals surface area contributed by atoms with Crippen LogP contribution in [0.2, 0.25) is 0 Å². The summed E-state index contributed by atoms with van der Waals surface area (Å²) in [4.78, 5) is 22.9. The Hall–Kier alpha value is -2.29. The Morgan fingerprint density at radius 2 is 2.11 bits per heavy atom. The molecule has 0 aliphatic carbocycles. The summed E-state index contributed by atoms with van der Waals surface area (Å²) in [7, 11) is 1.67. The minimum Gasteiger partial charge on any atom is -0.357 e. The SMILES string of the molecule is CNc1ncc(F)c(Sc2ncnc3nc[nH]c23)n1. The van der Waals surface area contributed by atoms with Crippen LogP contribution in [0.4, 0.5) is 10.3 Å². The first-order valence-corrected chi connectivity index (χ1v) is 6.12. The number of fused-ring (bicyclic) bond motifs is 1. The largest absolute Gasteiger partial charge is 0.357 e. The second-order valence-electron chi connectivity index (χ2n) is 3.48. The summed E-state index contributed by atoms with van der Waals surface area (Å²) in [6.07, 6.45) is 4.01. The maximum absolute atomic E-state index is 13.7. The van der Waals surface area contributed by atoms with Gasteiger partial charge in [0.05, 0.1) is 12.5 Å². The number of H-pyrrole nitrogens is 1. The van der Waals surface area contributed by atoms with E-state index in [1.54, 1.807) is 7.05 Å². The van der Waals surface area contributed by atoms with Crippen LogP contribution in [0.15, 0.2) is 28.9 Å². The summed E-state index contributed by atoms with van der Waals surface area (Å²) in [5.74, 6) is -0.158. The highest BCUT2D eigenvalue weighted by atomic mass is 32.2. The van der Waals surface area contributed by atoms with Gasteiger partial charge < -0.3 is 10.3 Å². The van der Waals surface area contributed by atoms with E-state index in [-0.39, 0.29) is 5.03 Å². The van der Waals surface area contributed by atoms with Gasteiger partial charge in [-0.1, -0.05) is 0 Å². The summed E-state index contributed by atoms with van der Waals surface area (Å²) in [5, 5.41) is 3.50. The predicted molar refractivity (Wildman–Crippen MR) is 67.3 cm³/mol. The average molecular weight is 277 g/mol. The summed E-state index contributed by atoms with van der Waals surface area (Å²) in [6, 6.07) is 0. The van der Waals surface area contributed by atoms with Crippen molar-refractivity contribution in [3.63, 3.8) is 0 Å². The van der Waals surface area contributed by atoms with Crippen molar-refractivity contribution in [2.75, 3.05) is 12.4 Å². The van der Waals surface area contributed by atoms with Gasteiger partial charge in [-0.25, -0.2) is 29.3 Å². The highest BCUT2D eigenvalue weighted by Gasteiger charge is 2.13. The molecule has 2 N–H and O–H groups in total. The third kappa shape index (κ3) is 2.19. The van der Waals surface area contributed by atoms with Gasteiger partial charge >= 0.3 is 0 Å². The number of aromatic amines is 1. The molecule has 0 atom stereocenters. The summed E-state index contributed by atoms with van der Waals surface area (Å²) < 4.78 is 13.7. The van der Waals surface area contributed by atoms with Crippen molar-refractivity contribution >= 4 is 28.9 Å². The van der Waals surface area contributed by atoms with Crippen LogP contribution in [0.25, 0.3) is 11.2 Å². The molecule has 19 heavy (non-hydrogen) atoms. The second kappa shape index (κ2) is 4.76. The highest BCUT2D eigenvalue weighted by Crippen LogP contribution is 2.30. The standard InChI is InChI=1S/C10H8FN7S/c1-12-10-13-2-5(11)8(18-10)19-9-6-7(15-3-14-6)16-4-17-9/h2-4H,1H3,(H,12,13,18)(H,14,15,16,17). The molecule has 3 aromatic rings. The molecule has 0 fully saturated rings. The summed E-state index contributed by atoms with van der Waals surface area (Å²) >= 11 is 1.09. The van der Waals surface area contributed by atoms with E-state index in [0.717, 1.165) is 18.0 Å². The number of rotatable bonds is 3. The van der Waals surface area contributed by atoms with E-state index in [1.807, 2.05) is 0 Å². The van der Waals surface area contributed by atoms with E-state index >= 15 is 0 Å². The van der Waals surface area contributed by atoms with Crippen LogP contribution in [0.3, 0.4) is 0 Å². The number of nitrogens with one attached hydrogen (secondary N) is 2. The lowest BCUT2D eigenvalue weighted by atomic mass is 10.6. The molecule has 0 bridgehead atoms. The molecule has 3 rings (SSSR count). The second-order valence-corrected chi connectivity index (χ2v) is 4.46. The lowest BCUT2D eigenvalue weighted by Gasteiger charge is -2.04. The van der Waals surface area contributed by atoms with Crippen molar-refractivity contribution in [2.24, 2.45) is 0 Å². The Balaban J connectivity index is 2.03. The van der Waals surface area contributed by atoms with Crippen LogP contribution >= 0.6 is 11.8 Å². The molecular formula is C10H8FN7S. The lowest BCUT2D eigenvalue weighted by molar-refractivity contribution is 0.580. The molecule has 0 unspecified atom stereocenters. The molecule has 96 valence electrons. The number of imidazole rings is 1. The van der Waals surface area contributed by atoms with Gasteiger partial charge in [0.25, 0.3) is 0 Å². The molecule has 0 saturated carbocycles. The van der Waals surface area contributed by atoms with Crippen molar-refractivity contribution in [3.8, 4) is 0 Å². The normalized spacial score (nSPS) is 10.8. The van der Waals surface area contributed by atoms with Crippen molar-refractivity contribution in [3.05, 3.63) is 24.7 Å². The molecule has 0 aromatic carbocycles. The molecule has 3 heterocycles. The smallest absolute Gasteiger partial charge is 0.223 e. The Morgan fingerprint density at radius 3 is 2.95 bits per heavy atom. The number of hydrogen-bond acceptors (Lipinski definition) is 7. The molecule has 0 spiro atoms. The zero-order valence-electron chi connectivity index (χ0n) is 9.75. The summed E-state index contributed by atoms with van der Waals surface area (Å²) in [5.41, 5.74) is 1.18. The Morgan fingerprint density at radius 1 is 1.21 bits per heavy atom. The highest BCUT2D eigenvalue weighted by molar-refractivity contribution is 7.99. The molecule has 0 radical (unpaired) electrons. The van der Waals surface area contributed by atoms with Crippen molar-refractivity contribution in [1.82, 2.24) is 29.9 Å². The first-order chi connectivity index (χ1) is 9.28. The maximum Gasteiger partial charge on any atom is 0.223 e. The van der Waals surface area contributed by atoms with Gasteiger partial charge in [-0.2, -0.15) is 0 Å². The minimum absolute atomic E-state index is 0.189. The maximum atomic E-state index is 13.7. The van der Waals surface area contributed by atoms with Crippen molar-refractivity contribution in [1.29, 1.82) is 0 Å². The monoisotopic (exact) mass is 277 g/mol. The Kier molecular flexibility index (Phi) is 2.95. The molecule has 0 aliphatic heterocycles. The first kappa shape index (κ1) is 11.8. The third-order valence-electron chi connectivity index (χ3n) is 2.32. The van der Waals surface area contributed by atoms with Crippen molar-refractivity contribution in [2.45, 2.75) is 10.1 Å². The van der Waals surface area contributed by atoms with Crippen molar-refractivity contribution < 1.29 is 4.39 Å². The minimum atomic E-state index is -0.504. The van der Waals surface area contributed by atoms with Crippen LogP contribution in [-0.4, -0.2) is 37.0 Å². The molecular weight excluding hydrogens is 269 g/mol. The molecule has 0 amide bonds. The van der Waals surface area contributed by atoms with E-state index in [1.165, 1.54) is 12.7 Å². The number of halogens is 1. The van der Waals surface area contributed by atoms with Gasteiger partial charge in [0.2, 0.25) is 5.95 Å². The predicted octanol–water partition coefficient (Wildman–Crippen LogP) is 1.47. The topological polar surface area (TPSA) is 92.3 Å². The van der Waals surface area contributed by atoms with Crippen LogP contribution in [0.5, 0.6) is 0 Å². The molecule has 7 nitrogen and oxygen atoms in total. The van der Waals surface area contributed by atoms with Gasteiger partial charge in [0, 0.05) is 7.05 Å². The number of anilines is 1. The van der Waals surface area contributed by atoms with E-state index < -0.39 is 5.82 Å². The van der Waals surface area contributed by atoms with Crippen LogP contribution in [-0.2, 0) is 0 Å². The van der Waals surface area contributed by atoms with E-state index in [0.29, 0.717) is 22.1 Å². The lowest BCUT2D eigenvalue weighted by Crippen LogP contribution is -1.99. The fourth-order valence-corrected chi connectivity index (χ4v) is 2.27. The number of hydrogen-bond donors (Lipinski definition) is 2. The van der Waals surface area contributed by atoms with Crippen LogP contribution < -0.4 is 5.32 Å². The van der Waals surface area contributed by atoms with E-state index in [4.69, 9.17) is 0 Å². The molecule has 3 aromatic heterocycles. The van der Waals surface area contributed by atoms with Gasteiger partial charge in [0.15, 0.2) is 11.5 Å². The molecule has 9 heteroatoms. The van der Waals surface area contributed by atoms with Gasteiger partial charge in [0.1, 0.15) is 21.9 Å². The fraction of sp³-hybridized carbons (Fsp3) is 0.100. The van der Waals surface area contributed by atoms with Gasteiger partial charge in [-0.3, -0.25) is 0 Å².